The van der Waals surface area contributed by atoms with Gasteiger partial charge in [-0.05, 0) is 38.3 Å². The lowest BCUT2D eigenvalue weighted by atomic mass is 10.2. The van der Waals surface area contributed by atoms with Gasteiger partial charge in [-0.15, -0.1) is 0 Å². The van der Waals surface area contributed by atoms with Gasteiger partial charge in [-0.1, -0.05) is 6.92 Å². The van der Waals surface area contributed by atoms with Crippen molar-refractivity contribution in [2.24, 2.45) is 0 Å². The molecule has 0 aromatic carbocycles. The van der Waals surface area contributed by atoms with Gasteiger partial charge in [0.1, 0.15) is 0 Å². The first-order valence-corrected chi connectivity index (χ1v) is 5.38. The molecule has 5 heteroatoms. The lowest BCUT2D eigenvalue weighted by Crippen LogP contribution is -2.32. The summed E-state index contributed by atoms with van der Waals surface area (Å²) in [7, 11) is 0. The first kappa shape index (κ1) is 12.7. The number of nitriles is 1. The van der Waals surface area contributed by atoms with Crippen LogP contribution in [0.4, 0.5) is 0 Å². The summed E-state index contributed by atoms with van der Waals surface area (Å²) in [5.41, 5.74) is 0. The number of carbonyl (C=O) groups excluding carboxylic acids is 1. The Bertz CT molecular complexity index is 241. The van der Waals surface area contributed by atoms with E-state index in [0.717, 1.165) is 6.42 Å². The molecule has 13 heavy (non-hydrogen) atoms. The van der Waals surface area contributed by atoms with Gasteiger partial charge in [0.15, 0.2) is 0 Å². The highest BCUT2D eigenvalue weighted by molar-refractivity contribution is 9.28. The lowest BCUT2D eigenvalue weighted by Gasteiger charge is -2.11. The third kappa shape index (κ3) is 6.79. The van der Waals surface area contributed by atoms with E-state index in [1.165, 1.54) is 6.08 Å². The van der Waals surface area contributed by atoms with Gasteiger partial charge < -0.3 is 5.32 Å². The average Bonchev–Trinajstić information content (AvgIpc) is 2.02. The molecule has 0 fully saturated rings. The van der Waals surface area contributed by atoms with Gasteiger partial charge >= 0.3 is 0 Å². The Balaban J connectivity index is 4.03. The third-order valence-corrected chi connectivity index (χ3v) is 1.87. The molecule has 1 unspecified atom stereocenters. The second-order valence-corrected chi connectivity index (χ2v) is 5.18. The molecule has 0 aliphatic carbocycles. The van der Waals surface area contributed by atoms with Crippen LogP contribution in [0.25, 0.3) is 0 Å². The van der Waals surface area contributed by atoms with Gasteiger partial charge in [-0.3, -0.25) is 4.79 Å². The van der Waals surface area contributed by atoms with Crippen LogP contribution in [-0.2, 0) is 4.79 Å². The molecular weight excluding hydrogens is 300 g/mol. The molecule has 3 nitrogen and oxygen atoms in total. The summed E-state index contributed by atoms with van der Waals surface area (Å²) in [6.45, 7) is 1.93. The fourth-order valence-corrected chi connectivity index (χ4v) is 1.17. The summed E-state index contributed by atoms with van der Waals surface area (Å²) >= 11 is 6.16. The molecule has 0 spiro atoms. The summed E-state index contributed by atoms with van der Waals surface area (Å²) in [5.74, 6) is -0.203. The molecule has 0 aliphatic heterocycles. The summed E-state index contributed by atoms with van der Waals surface area (Å²) in [5, 5.41) is 11.1. The molecular formula is C8H10Br2N2O. The minimum Gasteiger partial charge on any atom is -0.349 e. The number of nitrogens with one attached hydrogen (secondary N) is 1. The highest BCUT2D eigenvalue weighted by Crippen LogP contribution is 2.12. The third-order valence-electron chi connectivity index (χ3n) is 1.42. The predicted octanol–water partition coefficient (Wildman–Crippen LogP) is 2.43. The maximum atomic E-state index is 11.1. The van der Waals surface area contributed by atoms with Crippen LogP contribution in [-0.4, -0.2) is 11.9 Å². The second kappa shape index (κ2) is 7.10. The minimum absolute atomic E-state index is 0.0619. The Labute approximate surface area is 94.4 Å². The van der Waals surface area contributed by atoms with E-state index >= 15 is 0 Å². The molecule has 0 aromatic rings. The SMILES string of the molecule is CCC(CC#N)NC(=O)C=C(Br)Br. The monoisotopic (exact) mass is 308 g/mol. The zero-order chi connectivity index (χ0) is 10.3. The van der Waals surface area contributed by atoms with Crippen LogP contribution in [0.5, 0.6) is 0 Å². The molecule has 0 saturated carbocycles. The molecule has 0 aromatic heterocycles. The van der Waals surface area contributed by atoms with Gasteiger partial charge in [-0.25, -0.2) is 0 Å². The average molecular weight is 310 g/mol. The Kier molecular flexibility index (Phi) is 6.92. The molecule has 72 valence electrons. The molecule has 1 N–H and O–H groups in total. The number of halogens is 2. The number of nitrogens with zero attached hydrogens (tertiary/aromatic N) is 1. The molecule has 0 saturated heterocycles. The highest BCUT2D eigenvalue weighted by atomic mass is 79.9. The van der Waals surface area contributed by atoms with Crippen molar-refractivity contribution in [3.63, 3.8) is 0 Å². The largest absolute Gasteiger partial charge is 0.349 e. The normalized spacial score (nSPS) is 11.2. The number of carbonyl (C=O) groups is 1. The Morgan fingerprint density at radius 2 is 2.31 bits per heavy atom. The molecule has 0 bridgehead atoms. The van der Waals surface area contributed by atoms with Crippen molar-refractivity contribution < 1.29 is 4.79 Å². The van der Waals surface area contributed by atoms with Crippen molar-refractivity contribution in [3.05, 3.63) is 9.47 Å². The smallest absolute Gasteiger partial charge is 0.245 e. The van der Waals surface area contributed by atoms with Gasteiger partial charge in [0.25, 0.3) is 0 Å². The zero-order valence-electron chi connectivity index (χ0n) is 7.18. The van der Waals surface area contributed by atoms with Crippen LogP contribution in [0.2, 0.25) is 0 Å². The van der Waals surface area contributed by atoms with Gasteiger partial charge in [0.05, 0.1) is 15.9 Å². The second-order valence-electron chi connectivity index (χ2n) is 2.41. The number of rotatable bonds is 4. The molecule has 0 rings (SSSR count). The van der Waals surface area contributed by atoms with Crippen LogP contribution in [0.3, 0.4) is 0 Å². The molecule has 1 amide bonds. The summed E-state index contributed by atoms with van der Waals surface area (Å²) in [6.07, 6.45) is 2.48. The van der Waals surface area contributed by atoms with E-state index in [-0.39, 0.29) is 11.9 Å². The van der Waals surface area contributed by atoms with E-state index in [4.69, 9.17) is 5.26 Å². The number of hydrogen-bond acceptors (Lipinski definition) is 2. The van der Waals surface area contributed by atoms with Gasteiger partial charge in [0, 0.05) is 12.1 Å². The van der Waals surface area contributed by atoms with E-state index < -0.39 is 0 Å². The lowest BCUT2D eigenvalue weighted by molar-refractivity contribution is -0.117. The van der Waals surface area contributed by atoms with Crippen LogP contribution in [0.15, 0.2) is 9.47 Å². The summed E-state index contributed by atoms with van der Waals surface area (Å²) in [6, 6.07) is 1.96. The summed E-state index contributed by atoms with van der Waals surface area (Å²) < 4.78 is 0.587. The maximum absolute atomic E-state index is 11.1. The van der Waals surface area contributed by atoms with Crippen LogP contribution in [0.1, 0.15) is 19.8 Å². The molecule has 0 aliphatic rings. The zero-order valence-corrected chi connectivity index (χ0v) is 10.4. The van der Waals surface area contributed by atoms with E-state index in [0.29, 0.717) is 9.81 Å². The number of amides is 1. The van der Waals surface area contributed by atoms with E-state index in [2.05, 4.69) is 37.2 Å². The van der Waals surface area contributed by atoms with E-state index in [9.17, 15) is 4.79 Å². The number of hydrogen-bond donors (Lipinski definition) is 1. The maximum Gasteiger partial charge on any atom is 0.245 e. The minimum atomic E-state index is -0.203. The van der Waals surface area contributed by atoms with Crippen molar-refractivity contribution in [2.45, 2.75) is 25.8 Å². The quantitative estimate of drug-likeness (QED) is 0.811. The van der Waals surface area contributed by atoms with E-state index in [1.807, 2.05) is 13.0 Å². The van der Waals surface area contributed by atoms with E-state index in [1.54, 1.807) is 0 Å². The predicted molar refractivity (Wildman–Crippen MR) is 58.4 cm³/mol. The molecule has 1 atom stereocenters. The van der Waals surface area contributed by atoms with Crippen LogP contribution < -0.4 is 5.32 Å². The standard InChI is InChI=1S/C8H10Br2N2O/c1-2-6(3-4-11)12-8(13)5-7(9)10/h5-6H,2-3H2,1H3,(H,12,13). The van der Waals surface area contributed by atoms with Crippen molar-refractivity contribution in [1.82, 2.24) is 5.32 Å². The molecule has 0 heterocycles. The highest BCUT2D eigenvalue weighted by Gasteiger charge is 2.07. The van der Waals surface area contributed by atoms with Gasteiger partial charge in [-0.2, -0.15) is 5.26 Å². The summed E-state index contributed by atoms with van der Waals surface area (Å²) in [4.78, 5) is 11.1. The van der Waals surface area contributed by atoms with Crippen molar-refractivity contribution in [2.75, 3.05) is 0 Å². The fourth-order valence-electron chi connectivity index (χ4n) is 0.750. The van der Waals surface area contributed by atoms with Crippen LogP contribution >= 0.6 is 31.9 Å². The topological polar surface area (TPSA) is 52.9 Å². The first-order valence-electron chi connectivity index (χ1n) is 3.80. The van der Waals surface area contributed by atoms with Crippen molar-refractivity contribution >= 4 is 37.8 Å². The van der Waals surface area contributed by atoms with Gasteiger partial charge in [0.2, 0.25) is 5.91 Å². The van der Waals surface area contributed by atoms with Crippen LogP contribution in [0, 0.1) is 11.3 Å². The molecule has 0 radical (unpaired) electrons. The first-order chi connectivity index (χ1) is 6.10. The van der Waals surface area contributed by atoms with Crippen molar-refractivity contribution in [3.8, 4) is 6.07 Å². The Hall–Kier alpha value is -0.340. The Morgan fingerprint density at radius 1 is 1.69 bits per heavy atom. The Morgan fingerprint density at radius 3 is 2.69 bits per heavy atom. The van der Waals surface area contributed by atoms with Crippen molar-refractivity contribution in [1.29, 1.82) is 5.26 Å². The fraction of sp³-hybridized carbons (Fsp3) is 0.500.